The van der Waals surface area contributed by atoms with E-state index < -0.39 is 0 Å². The van der Waals surface area contributed by atoms with Crippen LogP contribution < -0.4 is 5.32 Å². The summed E-state index contributed by atoms with van der Waals surface area (Å²) in [6.45, 7) is 5.44. The van der Waals surface area contributed by atoms with Crippen molar-refractivity contribution in [3.05, 3.63) is 29.6 Å². The minimum absolute atomic E-state index is 0.0366. The zero-order chi connectivity index (χ0) is 16.9. The van der Waals surface area contributed by atoms with Crippen LogP contribution in [0, 0.1) is 12.8 Å². The van der Waals surface area contributed by atoms with Gasteiger partial charge in [-0.25, -0.2) is 4.79 Å². The Hall–Kier alpha value is -2.11. The molecule has 2 saturated heterocycles. The minimum Gasteiger partial charge on any atom is -0.352 e. The average molecular weight is 330 g/mol. The predicted molar refractivity (Wildman–Crippen MR) is 91.3 cm³/mol. The third-order valence-corrected chi connectivity index (χ3v) is 4.88. The number of rotatable bonds is 3. The Kier molecular flexibility index (Phi) is 5.33. The first-order valence-electron chi connectivity index (χ1n) is 8.86. The molecular formula is C18H26N4O2. The standard InChI is InChI=1S/C18H26N4O2/c1-14-6-7-15(11-19-14)12-20-17(23)16-5-4-10-22(13-16)18(24)21-8-2-3-9-21/h6-7,11,16H,2-5,8-10,12-13H2,1H3,(H,20,23). The molecule has 6 heteroatoms. The second-order valence-corrected chi connectivity index (χ2v) is 6.79. The van der Waals surface area contributed by atoms with Crippen molar-refractivity contribution in [1.82, 2.24) is 20.1 Å². The molecule has 2 aliphatic rings. The summed E-state index contributed by atoms with van der Waals surface area (Å²) in [5.41, 5.74) is 1.96. The molecule has 2 aliphatic heterocycles. The number of carbonyl (C=O) groups excluding carboxylic acids is 2. The Balaban J connectivity index is 1.51. The Morgan fingerprint density at radius 1 is 1.17 bits per heavy atom. The van der Waals surface area contributed by atoms with Gasteiger partial charge >= 0.3 is 6.03 Å². The number of nitrogens with zero attached hydrogens (tertiary/aromatic N) is 3. The van der Waals surface area contributed by atoms with Crippen LogP contribution in [0.5, 0.6) is 0 Å². The highest BCUT2D eigenvalue weighted by Crippen LogP contribution is 2.20. The summed E-state index contributed by atoms with van der Waals surface area (Å²) in [6.07, 6.45) is 5.72. The fourth-order valence-corrected chi connectivity index (χ4v) is 3.41. The predicted octanol–water partition coefficient (Wildman–Crippen LogP) is 1.93. The van der Waals surface area contributed by atoms with Crippen molar-refractivity contribution >= 4 is 11.9 Å². The lowest BCUT2D eigenvalue weighted by atomic mass is 9.97. The molecule has 1 N–H and O–H groups in total. The normalized spacial score (nSPS) is 21.0. The number of nitrogens with one attached hydrogen (secondary N) is 1. The first-order chi connectivity index (χ1) is 11.6. The van der Waals surface area contributed by atoms with E-state index in [1.165, 1.54) is 0 Å². The number of aromatic nitrogens is 1. The second kappa shape index (κ2) is 7.64. The van der Waals surface area contributed by atoms with Crippen LogP contribution in [0.4, 0.5) is 4.79 Å². The van der Waals surface area contributed by atoms with Gasteiger partial charge in [-0.2, -0.15) is 0 Å². The summed E-state index contributed by atoms with van der Waals surface area (Å²) in [4.78, 5) is 32.9. The van der Waals surface area contributed by atoms with Gasteiger partial charge in [0.2, 0.25) is 5.91 Å². The van der Waals surface area contributed by atoms with E-state index in [-0.39, 0.29) is 17.9 Å². The number of amides is 3. The topological polar surface area (TPSA) is 65.5 Å². The SMILES string of the molecule is Cc1ccc(CNC(=O)C2CCCN(C(=O)N3CCCC3)C2)cn1. The Labute approximate surface area is 143 Å². The molecule has 0 aromatic carbocycles. The van der Waals surface area contributed by atoms with Gasteiger partial charge in [-0.3, -0.25) is 9.78 Å². The van der Waals surface area contributed by atoms with E-state index in [0.29, 0.717) is 13.1 Å². The van der Waals surface area contributed by atoms with E-state index in [1.54, 1.807) is 6.20 Å². The van der Waals surface area contributed by atoms with E-state index in [9.17, 15) is 9.59 Å². The number of hydrogen-bond acceptors (Lipinski definition) is 3. The molecule has 0 spiro atoms. The quantitative estimate of drug-likeness (QED) is 0.921. The number of aryl methyl sites for hydroxylation is 1. The van der Waals surface area contributed by atoms with Gasteiger partial charge in [0.25, 0.3) is 0 Å². The monoisotopic (exact) mass is 330 g/mol. The number of pyridine rings is 1. The van der Waals surface area contributed by atoms with E-state index in [2.05, 4.69) is 10.3 Å². The maximum atomic E-state index is 12.5. The van der Waals surface area contributed by atoms with Crippen molar-refractivity contribution in [2.45, 2.75) is 39.2 Å². The number of likely N-dealkylation sites (tertiary alicyclic amines) is 2. The lowest BCUT2D eigenvalue weighted by molar-refractivity contribution is -0.126. The van der Waals surface area contributed by atoms with E-state index in [1.807, 2.05) is 28.9 Å². The molecule has 0 aliphatic carbocycles. The Morgan fingerprint density at radius 3 is 2.62 bits per heavy atom. The summed E-state index contributed by atoms with van der Waals surface area (Å²) in [7, 11) is 0. The third-order valence-electron chi connectivity index (χ3n) is 4.88. The van der Waals surface area contributed by atoms with Crippen LogP contribution >= 0.6 is 0 Å². The second-order valence-electron chi connectivity index (χ2n) is 6.79. The van der Waals surface area contributed by atoms with Crippen molar-refractivity contribution in [1.29, 1.82) is 0 Å². The molecule has 0 bridgehead atoms. The summed E-state index contributed by atoms with van der Waals surface area (Å²) in [5, 5.41) is 2.99. The van der Waals surface area contributed by atoms with E-state index >= 15 is 0 Å². The van der Waals surface area contributed by atoms with Crippen LogP contribution in [-0.4, -0.2) is 52.9 Å². The Morgan fingerprint density at radius 2 is 1.92 bits per heavy atom. The third kappa shape index (κ3) is 4.04. The van der Waals surface area contributed by atoms with Crippen molar-refractivity contribution in [3.63, 3.8) is 0 Å². The smallest absolute Gasteiger partial charge is 0.320 e. The van der Waals surface area contributed by atoms with Gasteiger partial charge in [-0.1, -0.05) is 6.07 Å². The summed E-state index contributed by atoms with van der Waals surface area (Å²) in [5.74, 6) is -0.0711. The van der Waals surface area contributed by atoms with Crippen LogP contribution in [-0.2, 0) is 11.3 Å². The first-order valence-corrected chi connectivity index (χ1v) is 8.86. The first kappa shape index (κ1) is 16.7. The fraction of sp³-hybridized carbons (Fsp3) is 0.611. The Bertz CT molecular complexity index is 581. The van der Waals surface area contributed by atoms with Gasteiger partial charge in [0, 0.05) is 44.6 Å². The molecule has 130 valence electrons. The van der Waals surface area contributed by atoms with Gasteiger partial charge in [0.1, 0.15) is 0 Å². The zero-order valence-electron chi connectivity index (χ0n) is 14.3. The molecule has 3 heterocycles. The van der Waals surface area contributed by atoms with Crippen LogP contribution in [0.1, 0.15) is 36.9 Å². The van der Waals surface area contributed by atoms with E-state index in [0.717, 1.165) is 56.6 Å². The molecule has 3 amide bonds. The molecule has 2 fully saturated rings. The maximum absolute atomic E-state index is 12.5. The number of urea groups is 1. The molecule has 0 radical (unpaired) electrons. The average Bonchev–Trinajstić information content (AvgIpc) is 3.15. The van der Waals surface area contributed by atoms with Gasteiger partial charge in [-0.15, -0.1) is 0 Å². The highest BCUT2D eigenvalue weighted by Gasteiger charge is 2.31. The summed E-state index contributed by atoms with van der Waals surface area (Å²) in [6, 6.07) is 4.03. The van der Waals surface area contributed by atoms with Gasteiger partial charge < -0.3 is 15.1 Å². The largest absolute Gasteiger partial charge is 0.352 e. The van der Waals surface area contributed by atoms with Crippen LogP contribution in [0.15, 0.2) is 18.3 Å². The van der Waals surface area contributed by atoms with E-state index in [4.69, 9.17) is 0 Å². The lowest BCUT2D eigenvalue weighted by Crippen LogP contribution is -2.49. The summed E-state index contributed by atoms with van der Waals surface area (Å²) < 4.78 is 0. The minimum atomic E-state index is -0.108. The van der Waals surface area contributed by atoms with Gasteiger partial charge in [-0.05, 0) is 44.2 Å². The van der Waals surface area contributed by atoms with Crippen molar-refractivity contribution < 1.29 is 9.59 Å². The molecule has 0 saturated carbocycles. The molecule has 1 aromatic heterocycles. The molecule has 1 atom stereocenters. The number of piperidine rings is 1. The molecule has 24 heavy (non-hydrogen) atoms. The molecule has 1 unspecified atom stereocenters. The van der Waals surface area contributed by atoms with Gasteiger partial charge in [0.05, 0.1) is 5.92 Å². The van der Waals surface area contributed by atoms with Crippen LogP contribution in [0.3, 0.4) is 0 Å². The molecule has 3 rings (SSSR count). The fourth-order valence-electron chi connectivity index (χ4n) is 3.41. The summed E-state index contributed by atoms with van der Waals surface area (Å²) >= 11 is 0. The van der Waals surface area contributed by atoms with Crippen LogP contribution in [0.2, 0.25) is 0 Å². The molecular weight excluding hydrogens is 304 g/mol. The van der Waals surface area contributed by atoms with Crippen molar-refractivity contribution in [2.75, 3.05) is 26.2 Å². The lowest BCUT2D eigenvalue weighted by Gasteiger charge is -2.34. The van der Waals surface area contributed by atoms with Crippen molar-refractivity contribution in [3.8, 4) is 0 Å². The zero-order valence-corrected chi connectivity index (χ0v) is 14.3. The van der Waals surface area contributed by atoms with Crippen molar-refractivity contribution in [2.24, 2.45) is 5.92 Å². The highest BCUT2D eigenvalue weighted by atomic mass is 16.2. The number of hydrogen-bond donors (Lipinski definition) is 1. The maximum Gasteiger partial charge on any atom is 0.320 e. The van der Waals surface area contributed by atoms with Gasteiger partial charge in [0.15, 0.2) is 0 Å². The highest BCUT2D eigenvalue weighted by molar-refractivity contribution is 5.81. The molecule has 6 nitrogen and oxygen atoms in total. The number of carbonyl (C=O) groups is 2. The van der Waals surface area contributed by atoms with Crippen LogP contribution in [0.25, 0.3) is 0 Å². The molecule has 1 aromatic rings.